The van der Waals surface area contributed by atoms with Gasteiger partial charge in [-0.2, -0.15) is 5.26 Å². The van der Waals surface area contributed by atoms with Crippen molar-refractivity contribution in [2.75, 3.05) is 11.9 Å². The lowest BCUT2D eigenvalue weighted by atomic mass is 10.0. The van der Waals surface area contributed by atoms with Gasteiger partial charge in [-0.1, -0.05) is 32.0 Å². The molecule has 2 rings (SSSR count). The summed E-state index contributed by atoms with van der Waals surface area (Å²) >= 11 is 0. The first-order valence-corrected chi connectivity index (χ1v) is 8.04. The topological polar surface area (TPSA) is 79.2 Å². The largest absolute Gasteiger partial charge is 0.452 e. The molecule has 0 aliphatic rings. The van der Waals surface area contributed by atoms with Crippen molar-refractivity contribution < 1.29 is 14.3 Å². The van der Waals surface area contributed by atoms with Crippen LogP contribution in [-0.2, 0) is 16.0 Å². The molecular formula is C20H20N2O3. The second-order valence-electron chi connectivity index (χ2n) is 6.11. The lowest BCUT2D eigenvalue weighted by molar-refractivity contribution is -0.119. The smallest absolute Gasteiger partial charge is 0.338 e. The number of amides is 1. The highest BCUT2D eigenvalue weighted by molar-refractivity contribution is 5.95. The molecule has 2 aromatic carbocycles. The lowest BCUT2D eigenvalue weighted by Crippen LogP contribution is -2.21. The van der Waals surface area contributed by atoms with E-state index in [1.54, 1.807) is 36.4 Å². The second-order valence-corrected chi connectivity index (χ2v) is 6.11. The number of hydrogen-bond donors (Lipinski definition) is 1. The van der Waals surface area contributed by atoms with Gasteiger partial charge >= 0.3 is 5.97 Å². The molecule has 0 aromatic heterocycles. The van der Waals surface area contributed by atoms with Crippen LogP contribution in [0.25, 0.3) is 0 Å². The van der Waals surface area contributed by atoms with Crippen molar-refractivity contribution in [3.63, 3.8) is 0 Å². The minimum atomic E-state index is -0.544. The number of esters is 1. The zero-order valence-electron chi connectivity index (χ0n) is 14.3. The van der Waals surface area contributed by atoms with Crippen LogP contribution in [0.4, 0.5) is 5.69 Å². The van der Waals surface area contributed by atoms with E-state index in [-0.39, 0.29) is 6.61 Å². The Labute approximate surface area is 147 Å². The number of nitrogens with one attached hydrogen (secondary N) is 1. The third-order valence-corrected chi connectivity index (χ3v) is 3.44. The summed E-state index contributed by atoms with van der Waals surface area (Å²) in [5.74, 6) is -0.460. The number of carbonyl (C=O) groups excluding carboxylic acids is 2. The summed E-state index contributed by atoms with van der Waals surface area (Å²) in [6.45, 7) is 3.88. The average molecular weight is 336 g/mol. The van der Waals surface area contributed by atoms with Crippen LogP contribution in [0.1, 0.15) is 35.3 Å². The summed E-state index contributed by atoms with van der Waals surface area (Å²) < 4.78 is 5.02. The summed E-state index contributed by atoms with van der Waals surface area (Å²) in [6, 6.07) is 15.7. The van der Waals surface area contributed by atoms with Crippen LogP contribution in [-0.4, -0.2) is 18.5 Å². The molecule has 1 amide bonds. The van der Waals surface area contributed by atoms with Crippen LogP contribution in [0.2, 0.25) is 0 Å². The van der Waals surface area contributed by atoms with Gasteiger partial charge in [0, 0.05) is 5.69 Å². The highest BCUT2D eigenvalue weighted by Gasteiger charge is 2.11. The molecule has 0 fully saturated rings. The van der Waals surface area contributed by atoms with Gasteiger partial charge in [0.25, 0.3) is 5.91 Å². The van der Waals surface area contributed by atoms with Crippen LogP contribution in [0.15, 0.2) is 48.5 Å². The van der Waals surface area contributed by atoms with Crippen molar-refractivity contribution in [2.45, 2.75) is 20.3 Å². The first-order chi connectivity index (χ1) is 12.0. The quantitative estimate of drug-likeness (QED) is 0.818. The maximum atomic E-state index is 12.0. The molecule has 25 heavy (non-hydrogen) atoms. The molecule has 128 valence electrons. The summed E-state index contributed by atoms with van der Waals surface area (Å²) in [6.07, 6.45) is 0.944. The third kappa shape index (κ3) is 5.78. The Balaban J connectivity index is 1.86. The third-order valence-electron chi connectivity index (χ3n) is 3.44. The fourth-order valence-electron chi connectivity index (χ4n) is 2.33. The number of nitriles is 1. The van der Waals surface area contributed by atoms with E-state index in [9.17, 15) is 9.59 Å². The molecular weight excluding hydrogens is 316 g/mol. The number of ether oxygens (including phenoxy) is 1. The van der Waals surface area contributed by atoms with Crippen LogP contribution < -0.4 is 5.32 Å². The maximum absolute atomic E-state index is 12.0. The summed E-state index contributed by atoms with van der Waals surface area (Å²) in [5.41, 5.74) is 2.49. The number of hydrogen-bond acceptors (Lipinski definition) is 4. The molecule has 0 aliphatic heterocycles. The minimum Gasteiger partial charge on any atom is -0.452 e. The van der Waals surface area contributed by atoms with Gasteiger partial charge in [0.2, 0.25) is 0 Å². The van der Waals surface area contributed by atoms with E-state index < -0.39 is 11.9 Å². The maximum Gasteiger partial charge on any atom is 0.338 e. The first-order valence-electron chi connectivity index (χ1n) is 8.04. The van der Waals surface area contributed by atoms with E-state index in [4.69, 9.17) is 10.00 Å². The zero-order chi connectivity index (χ0) is 18.2. The Hall–Kier alpha value is -3.13. The molecule has 5 nitrogen and oxygen atoms in total. The zero-order valence-corrected chi connectivity index (χ0v) is 14.3. The van der Waals surface area contributed by atoms with E-state index in [1.165, 1.54) is 0 Å². The van der Waals surface area contributed by atoms with E-state index >= 15 is 0 Å². The molecule has 0 aliphatic carbocycles. The van der Waals surface area contributed by atoms with Gasteiger partial charge in [-0.3, -0.25) is 4.79 Å². The molecule has 0 spiro atoms. The van der Waals surface area contributed by atoms with Gasteiger partial charge in [-0.25, -0.2) is 4.79 Å². The number of nitrogens with zero attached hydrogens (tertiary/aromatic N) is 1. The van der Waals surface area contributed by atoms with Crippen molar-refractivity contribution in [1.29, 1.82) is 5.26 Å². The van der Waals surface area contributed by atoms with E-state index in [0.29, 0.717) is 22.7 Å². The highest BCUT2D eigenvalue weighted by Crippen LogP contribution is 2.12. The molecule has 5 heteroatoms. The van der Waals surface area contributed by atoms with Crippen molar-refractivity contribution in [3.05, 3.63) is 65.2 Å². The molecule has 0 atom stereocenters. The predicted octanol–water partition coefficient (Wildman–Crippen LogP) is 3.55. The normalized spacial score (nSPS) is 10.2. The van der Waals surface area contributed by atoms with Crippen molar-refractivity contribution in [3.8, 4) is 6.07 Å². The van der Waals surface area contributed by atoms with Gasteiger partial charge in [-0.15, -0.1) is 0 Å². The van der Waals surface area contributed by atoms with E-state index in [2.05, 4.69) is 19.2 Å². The Kier molecular flexibility index (Phi) is 6.30. The molecule has 2 aromatic rings. The van der Waals surface area contributed by atoms with Gasteiger partial charge in [0.15, 0.2) is 6.61 Å². The summed E-state index contributed by atoms with van der Waals surface area (Å²) in [5, 5.41) is 11.4. The van der Waals surface area contributed by atoms with Gasteiger partial charge in [-0.05, 0) is 48.2 Å². The molecule has 0 saturated heterocycles. The van der Waals surface area contributed by atoms with Crippen molar-refractivity contribution in [1.82, 2.24) is 0 Å². The average Bonchev–Trinajstić information content (AvgIpc) is 2.60. The number of rotatable bonds is 6. The van der Waals surface area contributed by atoms with Crippen molar-refractivity contribution >= 4 is 17.6 Å². The number of benzene rings is 2. The predicted molar refractivity (Wildman–Crippen MR) is 95.1 cm³/mol. The monoisotopic (exact) mass is 336 g/mol. The number of anilines is 1. The fraction of sp³-hybridized carbons (Fsp3) is 0.250. The van der Waals surface area contributed by atoms with Gasteiger partial charge in [0.1, 0.15) is 0 Å². The van der Waals surface area contributed by atoms with Crippen LogP contribution in [0.5, 0.6) is 0 Å². The van der Waals surface area contributed by atoms with Crippen LogP contribution in [0, 0.1) is 17.2 Å². The fourth-order valence-corrected chi connectivity index (χ4v) is 2.33. The standard InChI is InChI=1S/C20H20N2O3/c1-14(2)10-15-6-8-17(9-7-15)20(24)25-13-19(23)22-18-5-3-4-16(11-18)12-21/h3-9,11,14H,10,13H2,1-2H3,(H,22,23). The summed E-state index contributed by atoms with van der Waals surface area (Å²) in [7, 11) is 0. The molecule has 0 unspecified atom stereocenters. The second kappa shape index (κ2) is 8.65. The molecule has 1 N–H and O–H groups in total. The van der Waals surface area contributed by atoms with Gasteiger partial charge < -0.3 is 10.1 Å². The molecule has 0 radical (unpaired) electrons. The Morgan fingerprint density at radius 1 is 1.16 bits per heavy atom. The molecule has 0 heterocycles. The number of carbonyl (C=O) groups is 2. The SMILES string of the molecule is CC(C)Cc1ccc(C(=O)OCC(=O)Nc2cccc(C#N)c2)cc1. The molecule has 0 saturated carbocycles. The Morgan fingerprint density at radius 2 is 1.88 bits per heavy atom. The minimum absolute atomic E-state index is 0.386. The van der Waals surface area contributed by atoms with Crippen molar-refractivity contribution in [2.24, 2.45) is 5.92 Å². The van der Waals surface area contributed by atoms with E-state index in [1.807, 2.05) is 18.2 Å². The summed E-state index contributed by atoms with van der Waals surface area (Å²) in [4.78, 5) is 23.8. The Morgan fingerprint density at radius 3 is 2.52 bits per heavy atom. The Bertz CT molecular complexity index is 789. The lowest BCUT2D eigenvalue weighted by Gasteiger charge is -2.08. The first kappa shape index (κ1) is 18.2. The van der Waals surface area contributed by atoms with Crippen LogP contribution in [0.3, 0.4) is 0 Å². The van der Waals surface area contributed by atoms with Gasteiger partial charge in [0.05, 0.1) is 17.2 Å². The molecule has 0 bridgehead atoms. The van der Waals surface area contributed by atoms with E-state index in [0.717, 1.165) is 12.0 Å². The van der Waals surface area contributed by atoms with Crippen LogP contribution >= 0.6 is 0 Å². The highest BCUT2D eigenvalue weighted by atomic mass is 16.5.